The molecule has 1 aliphatic heterocycles. The van der Waals surface area contributed by atoms with Crippen molar-refractivity contribution in [1.82, 2.24) is 9.88 Å². The molecule has 1 aromatic carbocycles. The molecule has 1 N–H and O–H groups in total. The number of thiazole rings is 1. The molecule has 7 heteroatoms. The van der Waals surface area contributed by atoms with E-state index in [0.29, 0.717) is 0 Å². The van der Waals surface area contributed by atoms with Gasteiger partial charge in [-0.25, -0.2) is 4.98 Å². The quantitative estimate of drug-likeness (QED) is 0.496. The zero-order valence-electron chi connectivity index (χ0n) is 14.7. The molecule has 136 valence electrons. The number of hydrogen-bond donors (Lipinski definition) is 1. The molecule has 0 unspecified atom stereocenters. The van der Waals surface area contributed by atoms with Crippen LogP contribution in [0.2, 0.25) is 0 Å². The van der Waals surface area contributed by atoms with Crippen molar-refractivity contribution < 1.29 is 4.79 Å². The normalized spacial score (nSPS) is 14.4. The van der Waals surface area contributed by atoms with Crippen LogP contribution >= 0.6 is 34.0 Å². The van der Waals surface area contributed by atoms with Crippen LogP contribution in [0.25, 0.3) is 20.8 Å². The maximum Gasteiger partial charge on any atom is 0.266 e. The van der Waals surface area contributed by atoms with Gasteiger partial charge in [-0.2, -0.15) is 0 Å². The first kappa shape index (κ1) is 17.1. The van der Waals surface area contributed by atoms with Gasteiger partial charge < -0.3 is 10.2 Å². The average Bonchev–Trinajstić information content (AvgIpc) is 3.38. The summed E-state index contributed by atoms with van der Waals surface area (Å²) >= 11 is 4.86. The smallest absolute Gasteiger partial charge is 0.266 e. The molecule has 4 heterocycles. The molecule has 0 radical (unpaired) electrons. The molecule has 0 fully saturated rings. The van der Waals surface area contributed by atoms with Gasteiger partial charge in [0.25, 0.3) is 5.91 Å². The summed E-state index contributed by atoms with van der Waals surface area (Å²) in [4.78, 5) is 22.0. The van der Waals surface area contributed by atoms with Gasteiger partial charge in [-0.3, -0.25) is 4.79 Å². The highest BCUT2D eigenvalue weighted by Gasteiger charge is 2.27. The summed E-state index contributed by atoms with van der Waals surface area (Å²) in [5, 5.41) is 7.02. The minimum atomic E-state index is -0.0423. The van der Waals surface area contributed by atoms with Crippen molar-refractivity contribution >= 4 is 55.1 Å². The van der Waals surface area contributed by atoms with Crippen LogP contribution < -0.4 is 5.32 Å². The molecular formula is C20H17N3OS3. The maximum atomic E-state index is 12.7. The van der Waals surface area contributed by atoms with Crippen LogP contribution in [0, 0.1) is 0 Å². The summed E-state index contributed by atoms with van der Waals surface area (Å²) in [5.41, 5.74) is 3.48. The van der Waals surface area contributed by atoms with Gasteiger partial charge in [0.15, 0.2) is 0 Å². The van der Waals surface area contributed by atoms with Crippen molar-refractivity contribution in [3.05, 3.63) is 57.1 Å². The van der Waals surface area contributed by atoms with Crippen molar-refractivity contribution in [2.75, 3.05) is 18.9 Å². The van der Waals surface area contributed by atoms with E-state index >= 15 is 0 Å². The summed E-state index contributed by atoms with van der Waals surface area (Å²) in [6.45, 7) is 1.95. The van der Waals surface area contributed by atoms with Crippen molar-refractivity contribution in [2.45, 2.75) is 13.0 Å². The summed E-state index contributed by atoms with van der Waals surface area (Å²) in [6, 6.07) is 12.0. The molecule has 5 rings (SSSR count). The number of thiophene rings is 2. The summed E-state index contributed by atoms with van der Waals surface area (Å²) in [7, 11) is 2.14. The molecule has 1 amide bonds. The zero-order chi connectivity index (χ0) is 18.4. The molecule has 27 heavy (non-hydrogen) atoms. The van der Waals surface area contributed by atoms with E-state index < -0.39 is 0 Å². The second-order valence-corrected chi connectivity index (χ2v) is 9.70. The Bertz CT molecular complexity index is 1090. The third kappa shape index (κ3) is 3.10. The minimum absolute atomic E-state index is 0.0423. The molecule has 0 aliphatic carbocycles. The highest BCUT2D eigenvalue weighted by Crippen LogP contribution is 2.45. The fourth-order valence-electron chi connectivity index (χ4n) is 3.40. The van der Waals surface area contributed by atoms with E-state index in [-0.39, 0.29) is 5.91 Å². The molecular weight excluding hydrogens is 394 g/mol. The van der Waals surface area contributed by atoms with Gasteiger partial charge >= 0.3 is 0 Å². The van der Waals surface area contributed by atoms with Gasteiger partial charge in [-0.1, -0.05) is 18.2 Å². The Morgan fingerprint density at radius 2 is 2.07 bits per heavy atom. The number of benzene rings is 1. The number of hydrogen-bond acceptors (Lipinski definition) is 6. The Kier molecular flexibility index (Phi) is 4.32. The predicted molar refractivity (Wildman–Crippen MR) is 115 cm³/mol. The van der Waals surface area contributed by atoms with Crippen molar-refractivity contribution in [2.24, 2.45) is 0 Å². The SMILES string of the molecule is CN1CCc2c(sc(NC(=O)c3cccs3)c2-c2nc3ccccc3s2)C1. The second-order valence-electron chi connectivity index (χ2n) is 6.61. The van der Waals surface area contributed by atoms with Crippen LogP contribution in [0.3, 0.4) is 0 Å². The lowest BCUT2D eigenvalue weighted by Gasteiger charge is -2.22. The Hall–Kier alpha value is -2.06. The van der Waals surface area contributed by atoms with E-state index in [2.05, 4.69) is 23.3 Å². The van der Waals surface area contributed by atoms with Crippen LogP contribution in [-0.4, -0.2) is 29.4 Å². The van der Waals surface area contributed by atoms with Crippen molar-refractivity contribution in [3.8, 4) is 10.6 Å². The lowest BCUT2D eigenvalue weighted by atomic mass is 10.0. The van der Waals surface area contributed by atoms with Crippen LogP contribution in [-0.2, 0) is 13.0 Å². The highest BCUT2D eigenvalue weighted by molar-refractivity contribution is 7.23. The van der Waals surface area contributed by atoms with Crippen LogP contribution in [0.5, 0.6) is 0 Å². The molecule has 0 saturated carbocycles. The number of amides is 1. The Labute approximate surface area is 169 Å². The zero-order valence-corrected chi connectivity index (χ0v) is 17.1. The fraction of sp³-hybridized carbons (Fsp3) is 0.200. The first-order valence-corrected chi connectivity index (χ1v) is 11.2. The number of para-hydroxylation sites is 1. The number of carbonyl (C=O) groups excluding carboxylic acids is 1. The monoisotopic (exact) mass is 411 g/mol. The number of likely N-dealkylation sites (N-methyl/N-ethyl adjacent to an activating group) is 1. The number of nitrogens with one attached hydrogen (secondary N) is 1. The van der Waals surface area contributed by atoms with Crippen LogP contribution in [0.1, 0.15) is 20.1 Å². The topological polar surface area (TPSA) is 45.2 Å². The summed E-state index contributed by atoms with van der Waals surface area (Å²) in [6.07, 6.45) is 0.989. The lowest BCUT2D eigenvalue weighted by molar-refractivity contribution is 0.103. The number of nitrogens with zero attached hydrogens (tertiary/aromatic N) is 2. The Balaban J connectivity index is 1.62. The molecule has 0 spiro atoms. The number of rotatable bonds is 3. The summed E-state index contributed by atoms with van der Waals surface area (Å²) < 4.78 is 1.18. The van der Waals surface area contributed by atoms with Crippen molar-refractivity contribution in [1.29, 1.82) is 0 Å². The van der Waals surface area contributed by atoms with Crippen LogP contribution in [0.15, 0.2) is 41.8 Å². The predicted octanol–water partition coefficient (Wildman–Crippen LogP) is 5.33. The number of anilines is 1. The van der Waals surface area contributed by atoms with E-state index in [1.54, 1.807) is 22.7 Å². The lowest BCUT2D eigenvalue weighted by Crippen LogP contribution is -2.25. The van der Waals surface area contributed by atoms with Gasteiger partial charge in [-0.15, -0.1) is 34.0 Å². The van der Waals surface area contributed by atoms with E-state index in [1.807, 2.05) is 35.7 Å². The molecule has 1 aliphatic rings. The molecule has 3 aromatic heterocycles. The third-order valence-electron chi connectivity index (χ3n) is 4.73. The van der Waals surface area contributed by atoms with Gasteiger partial charge in [0, 0.05) is 23.5 Å². The van der Waals surface area contributed by atoms with E-state index in [9.17, 15) is 4.79 Å². The first-order valence-electron chi connectivity index (χ1n) is 8.73. The Morgan fingerprint density at radius 3 is 2.89 bits per heavy atom. The molecule has 4 nitrogen and oxygen atoms in total. The average molecular weight is 412 g/mol. The van der Waals surface area contributed by atoms with Gasteiger partial charge in [0.2, 0.25) is 0 Å². The molecule has 0 atom stereocenters. The Morgan fingerprint density at radius 1 is 1.19 bits per heavy atom. The molecule has 0 saturated heterocycles. The number of carbonyl (C=O) groups is 1. The van der Waals surface area contributed by atoms with E-state index in [1.165, 1.54) is 26.5 Å². The molecule has 4 aromatic rings. The largest absolute Gasteiger partial charge is 0.312 e. The third-order valence-corrected chi connectivity index (χ3v) is 7.78. The number of aromatic nitrogens is 1. The van der Waals surface area contributed by atoms with E-state index in [0.717, 1.165) is 45.5 Å². The van der Waals surface area contributed by atoms with E-state index in [4.69, 9.17) is 4.98 Å². The fourth-order valence-corrected chi connectivity index (χ4v) is 6.45. The van der Waals surface area contributed by atoms with Crippen LogP contribution in [0.4, 0.5) is 5.00 Å². The molecule has 0 bridgehead atoms. The van der Waals surface area contributed by atoms with Gasteiger partial charge in [0.05, 0.1) is 15.1 Å². The maximum absolute atomic E-state index is 12.7. The highest BCUT2D eigenvalue weighted by atomic mass is 32.1. The number of fused-ring (bicyclic) bond motifs is 2. The van der Waals surface area contributed by atoms with Gasteiger partial charge in [-0.05, 0) is 42.6 Å². The second kappa shape index (κ2) is 6.83. The standard InChI is InChI=1S/C20H17N3OS3/c1-23-9-8-12-16(11-23)27-20(22-18(24)15-7-4-10-25-15)17(12)19-21-13-5-2-3-6-14(13)26-19/h2-7,10H,8-9,11H2,1H3,(H,22,24). The minimum Gasteiger partial charge on any atom is -0.312 e. The summed E-state index contributed by atoms with van der Waals surface area (Å²) in [5.74, 6) is -0.0423. The van der Waals surface area contributed by atoms with Gasteiger partial charge in [0.1, 0.15) is 10.0 Å². The van der Waals surface area contributed by atoms with Crippen molar-refractivity contribution in [3.63, 3.8) is 0 Å². The first-order chi connectivity index (χ1) is 13.2.